The second-order valence-corrected chi connectivity index (χ2v) is 5.78. The lowest BCUT2D eigenvalue weighted by Gasteiger charge is -2.20. The van der Waals surface area contributed by atoms with Gasteiger partial charge in [0.25, 0.3) is 0 Å². The zero-order valence-electron chi connectivity index (χ0n) is 14.0. The van der Waals surface area contributed by atoms with Gasteiger partial charge in [-0.3, -0.25) is 4.99 Å². The molecule has 6 nitrogen and oxygen atoms in total. The molecule has 0 bridgehead atoms. The summed E-state index contributed by atoms with van der Waals surface area (Å²) in [5.74, 6) is 0.497. The molecule has 1 rings (SSSR count). The minimum absolute atomic E-state index is 0. The summed E-state index contributed by atoms with van der Waals surface area (Å²) in [6.45, 7) is 8.69. The maximum absolute atomic E-state index is 11.8. The molecule has 0 spiro atoms. The maximum Gasteiger partial charge on any atom is 0.350 e. The number of nitrogens with one attached hydrogen (secondary N) is 1. The van der Waals surface area contributed by atoms with Crippen LogP contribution in [0.4, 0.5) is 0 Å². The monoisotopic (exact) mass is 440 g/mol. The Balaban J connectivity index is 0.00000441. The molecule has 0 aromatic carbocycles. The zero-order chi connectivity index (χ0) is 16.0. The third kappa shape index (κ3) is 5.71. The molecule has 8 heteroatoms. The van der Waals surface area contributed by atoms with Crippen molar-refractivity contribution in [1.29, 1.82) is 0 Å². The van der Waals surface area contributed by atoms with Gasteiger partial charge in [-0.1, -0.05) is 0 Å². The van der Waals surface area contributed by atoms with Crippen molar-refractivity contribution in [3.8, 4) is 0 Å². The molecule has 1 N–H and O–H groups in total. The van der Waals surface area contributed by atoms with Crippen molar-refractivity contribution in [2.45, 2.75) is 33.7 Å². The standard InChI is InChI=1S/C14H24N4O2S.HI/c1-7-15-14(18(5)6)17-10(4)12-16-9(3)11(21-12)13(19)20-8-2;/h10H,7-8H2,1-6H3,(H,15,17);1H. The van der Waals surface area contributed by atoms with Crippen LogP contribution in [0.5, 0.6) is 0 Å². The van der Waals surface area contributed by atoms with Crippen LogP contribution in [0.25, 0.3) is 0 Å². The number of aliphatic imine (C=N–C) groups is 1. The average molecular weight is 440 g/mol. The highest BCUT2D eigenvalue weighted by Crippen LogP contribution is 2.24. The summed E-state index contributed by atoms with van der Waals surface area (Å²) in [5, 5.41) is 4.17. The lowest BCUT2D eigenvalue weighted by atomic mass is 10.3. The first-order valence-electron chi connectivity index (χ1n) is 7.03. The van der Waals surface area contributed by atoms with Crippen molar-refractivity contribution in [1.82, 2.24) is 15.2 Å². The van der Waals surface area contributed by atoms with Crippen molar-refractivity contribution in [2.24, 2.45) is 4.99 Å². The maximum atomic E-state index is 11.8. The number of nitrogens with zero attached hydrogens (tertiary/aromatic N) is 3. The predicted octanol–water partition coefficient (Wildman–Crippen LogP) is 2.83. The fraction of sp³-hybridized carbons (Fsp3) is 0.643. The molecule has 0 aliphatic heterocycles. The topological polar surface area (TPSA) is 66.8 Å². The molecule has 22 heavy (non-hydrogen) atoms. The molecule has 0 saturated carbocycles. The van der Waals surface area contributed by atoms with E-state index in [2.05, 4.69) is 15.3 Å². The molecule has 126 valence electrons. The number of aromatic nitrogens is 1. The second kappa shape index (κ2) is 9.98. The van der Waals surface area contributed by atoms with Gasteiger partial charge < -0.3 is 15.0 Å². The number of thiazole rings is 1. The van der Waals surface area contributed by atoms with Crippen LogP contribution in [0.1, 0.15) is 47.2 Å². The van der Waals surface area contributed by atoms with Crippen LogP contribution >= 0.6 is 35.3 Å². The molecule has 1 atom stereocenters. The molecule has 1 heterocycles. The summed E-state index contributed by atoms with van der Waals surface area (Å²) < 4.78 is 5.04. The van der Waals surface area contributed by atoms with E-state index >= 15 is 0 Å². The average Bonchev–Trinajstić information content (AvgIpc) is 2.80. The Hall–Kier alpha value is -0.900. The normalized spacial score (nSPS) is 12.4. The van der Waals surface area contributed by atoms with Crippen LogP contribution in [0, 0.1) is 6.92 Å². The van der Waals surface area contributed by atoms with Crippen LogP contribution in [-0.4, -0.2) is 49.1 Å². The molecule has 1 unspecified atom stereocenters. The number of hydrogen-bond acceptors (Lipinski definition) is 5. The van der Waals surface area contributed by atoms with Crippen LogP contribution in [0.2, 0.25) is 0 Å². The molecule has 0 fully saturated rings. The van der Waals surface area contributed by atoms with Crippen molar-refractivity contribution < 1.29 is 9.53 Å². The zero-order valence-corrected chi connectivity index (χ0v) is 17.1. The smallest absolute Gasteiger partial charge is 0.350 e. The summed E-state index contributed by atoms with van der Waals surface area (Å²) in [4.78, 5) is 23.2. The Kier molecular flexibility index (Phi) is 9.58. The summed E-state index contributed by atoms with van der Waals surface area (Å²) in [6, 6.07) is -0.0235. The highest BCUT2D eigenvalue weighted by molar-refractivity contribution is 14.0. The van der Waals surface area contributed by atoms with Gasteiger partial charge in [-0.2, -0.15) is 0 Å². The minimum atomic E-state index is -0.305. The van der Waals surface area contributed by atoms with Crippen LogP contribution < -0.4 is 5.32 Å². The van der Waals surface area contributed by atoms with Gasteiger partial charge in [0.1, 0.15) is 9.88 Å². The number of guanidine groups is 1. The lowest BCUT2D eigenvalue weighted by molar-refractivity contribution is 0.0531. The van der Waals surface area contributed by atoms with Crippen molar-refractivity contribution in [2.75, 3.05) is 27.2 Å². The Morgan fingerprint density at radius 2 is 2.09 bits per heavy atom. The van der Waals surface area contributed by atoms with Gasteiger partial charge in [0.2, 0.25) is 0 Å². The summed E-state index contributed by atoms with van der Waals surface area (Å²) in [5.41, 5.74) is 0.709. The first-order chi connectivity index (χ1) is 9.90. The third-order valence-corrected chi connectivity index (χ3v) is 4.04. The molecule has 1 aromatic heterocycles. The summed E-state index contributed by atoms with van der Waals surface area (Å²) in [7, 11) is 3.87. The van der Waals surface area contributed by atoms with Crippen LogP contribution in [0.3, 0.4) is 0 Å². The molecule has 0 radical (unpaired) electrons. The van der Waals surface area contributed by atoms with E-state index in [0.717, 1.165) is 11.0 Å². The van der Waals surface area contributed by atoms with E-state index in [1.54, 1.807) is 6.92 Å². The SMILES string of the molecule is CCN=C(NC(C)c1nc(C)c(C(=O)OCC)s1)N(C)C.I. The number of halogens is 1. The minimum Gasteiger partial charge on any atom is -0.462 e. The number of aryl methyl sites for hydroxylation is 1. The van der Waals surface area contributed by atoms with Gasteiger partial charge in [0.05, 0.1) is 18.3 Å². The lowest BCUT2D eigenvalue weighted by Crippen LogP contribution is -2.38. The van der Waals surface area contributed by atoms with Crippen LogP contribution in [0.15, 0.2) is 4.99 Å². The van der Waals surface area contributed by atoms with E-state index in [0.29, 0.717) is 23.7 Å². The van der Waals surface area contributed by atoms with Gasteiger partial charge in [-0.25, -0.2) is 9.78 Å². The van der Waals surface area contributed by atoms with Crippen molar-refractivity contribution in [3.05, 3.63) is 15.6 Å². The van der Waals surface area contributed by atoms with E-state index in [1.165, 1.54) is 11.3 Å². The third-order valence-electron chi connectivity index (χ3n) is 2.72. The highest BCUT2D eigenvalue weighted by atomic mass is 127. The number of carbonyl (C=O) groups excluding carboxylic acids is 1. The van der Waals surface area contributed by atoms with Gasteiger partial charge in [0, 0.05) is 20.6 Å². The van der Waals surface area contributed by atoms with Crippen molar-refractivity contribution in [3.63, 3.8) is 0 Å². The predicted molar refractivity (Wildman–Crippen MR) is 101 cm³/mol. The van der Waals surface area contributed by atoms with Gasteiger partial charge >= 0.3 is 5.97 Å². The first-order valence-corrected chi connectivity index (χ1v) is 7.85. The van der Waals surface area contributed by atoms with Crippen LogP contribution in [-0.2, 0) is 4.74 Å². The Morgan fingerprint density at radius 1 is 1.45 bits per heavy atom. The van der Waals surface area contributed by atoms with E-state index < -0.39 is 0 Å². The summed E-state index contributed by atoms with van der Waals surface area (Å²) >= 11 is 1.37. The molecular weight excluding hydrogens is 415 g/mol. The Bertz CT molecular complexity index is 517. The van der Waals surface area contributed by atoms with E-state index in [9.17, 15) is 4.79 Å². The Labute approximate surface area is 153 Å². The first kappa shape index (κ1) is 21.1. The highest BCUT2D eigenvalue weighted by Gasteiger charge is 2.20. The number of esters is 1. The molecule has 0 saturated heterocycles. The molecule has 0 aliphatic rings. The van der Waals surface area contributed by atoms with E-state index in [1.807, 2.05) is 39.8 Å². The quantitative estimate of drug-likeness (QED) is 0.330. The fourth-order valence-corrected chi connectivity index (χ4v) is 2.67. The Morgan fingerprint density at radius 3 is 2.59 bits per heavy atom. The fourth-order valence-electron chi connectivity index (χ4n) is 1.71. The molecule has 0 amide bonds. The summed E-state index contributed by atoms with van der Waals surface area (Å²) in [6.07, 6.45) is 0. The molecular formula is C14H25IN4O2S. The van der Waals surface area contributed by atoms with Gasteiger partial charge in [-0.15, -0.1) is 35.3 Å². The number of hydrogen-bond donors (Lipinski definition) is 1. The number of carbonyl (C=O) groups is 1. The largest absolute Gasteiger partial charge is 0.462 e. The number of ether oxygens (including phenoxy) is 1. The second-order valence-electron chi connectivity index (χ2n) is 4.75. The van der Waals surface area contributed by atoms with Gasteiger partial charge in [-0.05, 0) is 27.7 Å². The molecule has 0 aliphatic carbocycles. The van der Waals surface area contributed by atoms with E-state index in [-0.39, 0.29) is 36.0 Å². The number of rotatable bonds is 5. The molecule has 1 aromatic rings. The van der Waals surface area contributed by atoms with Crippen molar-refractivity contribution >= 4 is 47.2 Å². The van der Waals surface area contributed by atoms with Gasteiger partial charge in [0.15, 0.2) is 5.96 Å². The van der Waals surface area contributed by atoms with E-state index in [4.69, 9.17) is 4.74 Å².